The molecule has 32 heavy (non-hydrogen) atoms. The van der Waals surface area contributed by atoms with Crippen molar-refractivity contribution in [3.63, 3.8) is 0 Å². The van der Waals surface area contributed by atoms with E-state index in [1.54, 1.807) is 30.3 Å². The standard InChI is InChI=1S/C21H24O10S/c1-11(22)27-10-16-17(28-12(2)23)18(29-13(3)24)19(30-14(4)25)21(31-16)32-20(26)15-8-6-5-7-9-15/h5-9,16-19,21H,10H2,1-4H3/t16-,17-,18+,19+,21+/m1/s1. The average molecular weight is 468 g/mol. The van der Waals surface area contributed by atoms with Crippen LogP contribution in [0.1, 0.15) is 38.1 Å². The van der Waals surface area contributed by atoms with Gasteiger partial charge in [0.15, 0.2) is 23.7 Å². The summed E-state index contributed by atoms with van der Waals surface area (Å²) in [5.74, 6) is -2.81. The second-order valence-electron chi connectivity index (χ2n) is 6.84. The average Bonchev–Trinajstić information content (AvgIpc) is 2.70. The van der Waals surface area contributed by atoms with Crippen LogP contribution in [0.3, 0.4) is 0 Å². The van der Waals surface area contributed by atoms with Crippen LogP contribution in [-0.2, 0) is 42.9 Å². The molecule has 0 aromatic heterocycles. The zero-order chi connectivity index (χ0) is 23.8. The van der Waals surface area contributed by atoms with Crippen LogP contribution in [-0.4, -0.2) is 65.5 Å². The van der Waals surface area contributed by atoms with Crippen LogP contribution in [0.5, 0.6) is 0 Å². The van der Waals surface area contributed by atoms with Crippen molar-refractivity contribution in [2.24, 2.45) is 0 Å². The number of rotatable bonds is 7. The van der Waals surface area contributed by atoms with Crippen molar-refractivity contribution in [3.05, 3.63) is 35.9 Å². The smallest absolute Gasteiger partial charge is 0.303 e. The number of thioether (sulfide) groups is 1. The molecule has 1 fully saturated rings. The molecule has 10 nitrogen and oxygen atoms in total. The number of ether oxygens (including phenoxy) is 5. The number of benzene rings is 1. The lowest BCUT2D eigenvalue weighted by molar-refractivity contribution is -0.237. The Hall–Kier alpha value is -2.92. The molecule has 0 amide bonds. The summed E-state index contributed by atoms with van der Waals surface area (Å²) in [6, 6.07) is 8.30. The molecular formula is C21H24O10S. The van der Waals surface area contributed by atoms with E-state index in [4.69, 9.17) is 23.7 Å². The SMILES string of the molecule is CC(=O)OC[C@H]1O[C@@H](SC(=O)c2ccccc2)[C@@H](OC(C)=O)[C@@H](OC(C)=O)[C@@H]1OC(C)=O. The summed E-state index contributed by atoms with van der Waals surface area (Å²) >= 11 is 0.703. The summed E-state index contributed by atoms with van der Waals surface area (Å²) in [7, 11) is 0. The predicted octanol–water partition coefficient (Wildman–Crippen LogP) is 1.64. The van der Waals surface area contributed by atoms with Crippen molar-refractivity contribution in [1.29, 1.82) is 0 Å². The molecule has 11 heteroatoms. The first kappa shape index (κ1) is 25.3. The highest BCUT2D eigenvalue weighted by Gasteiger charge is 2.53. The fourth-order valence-electron chi connectivity index (χ4n) is 3.03. The minimum Gasteiger partial charge on any atom is -0.463 e. The molecule has 2 rings (SSSR count). The third-order valence-electron chi connectivity index (χ3n) is 4.18. The summed E-state index contributed by atoms with van der Waals surface area (Å²) in [5.41, 5.74) is -0.784. The highest BCUT2D eigenvalue weighted by atomic mass is 32.2. The van der Waals surface area contributed by atoms with Crippen molar-refractivity contribution in [1.82, 2.24) is 0 Å². The van der Waals surface area contributed by atoms with Crippen LogP contribution in [0.2, 0.25) is 0 Å². The summed E-state index contributed by atoms with van der Waals surface area (Å²) in [5, 5.41) is -0.397. The Bertz CT molecular complexity index is 855. The molecule has 0 radical (unpaired) electrons. The molecule has 0 bridgehead atoms. The van der Waals surface area contributed by atoms with E-state index in [0.29, 0.717) is 17.3 Å². The largest absolute Gasteiger partial charge is 0.463 e. The summed E-state index contributed by atoms with van der Waals surface area (Å²) in [6.07, 6.45) is -4.95. The van der Waals surface area contributed by atoms with Crippen molar-refractivity contribution < 1.29 is 47.7 Å². The maximum Gasteiger partial charge on any atom is 0.303 e. The molecule has 1 heterocycles. The van der Waals surface area contributed by atoms with Gasteiger partial charge in [-0.05, 0) is 11.8 Å². The fraction of sp³-hybridized carbons (Fsp3) is 0.476. The third-order valence-corrected chi connectivity index (χ3v) is 5.24. The Morgan fingerprint density at radius 1 is 0.781 bits per heavy atom. The van der Waals surface area contributed by atoms with Gasteiger partial charge in [-0.3, -0.25) is 24.0 Å². The van der Waals surface area contributed by atoms with Gasteiger partial charge in [0.2, 0.25) is 5.12 Å². The number of hydrogen-bond acceptors (Lipinski definition) is 11. The Labute approximate surface area is 188 Å². The molecule has 1 aliphatic rings. The van der Waals surface area contributed by atoms with E-state index in [1.807, 2.05) is 0 Å². The molecule has 0 spiro atoms. The molecule has 1 aromatic carbocycles. The van der Waals surface area contributed by atoms with Crippen molar-refractivity contribution in [2.45, 2.75) is 57.5 Å². The van der Waals surface area contributed by atoms with Crippen LogP contribution >= 0.6 is 11.8 Å². The first-order valence-corrected chi connectivity index (χ1v) is 10.5. The lowest BCUT2D eigenvalue weighted by Gasteiger charge is -2.43. The van der Waals surface area contributed by atoms with Gasteiger partial charge in [0.05, 0.1) is 0 Å². The molecule has 0 saturated carbocycles. The predicted molar refractivity (Wildman–Crippen MR) is 110 cm³/mol. The maximum atomic E-state index is 12.8. The minimum atomic E-state index is -1.31. The van der Waals surface area contributed by atoms with E-state index < -0.39 is 58.8 Å². The second kappa shape index (κ2) is 11.6. The maximum absolute atomic E-state index is 12.8. The van der Waals surface area contributed by atoms with E-state index in [9.17, 15) is 24.0 Å². The summed E-state index contributed by atoms with van der Waals surface area (Å²) in [4.78, 5) is 59.4. The summed E-state index contributed by atoms with van der Waals surface area (Å²) in [6.45, 7) is 4.23. The van der Waals surface area contributed by atoms with Gasteiger partial charge < -0.3 is 23.7 Å². The van der Waals surface area contributed by atoms with E-state index in [-0.39, 0.29) is 6.61 Å². The molecule has 0 unspecified atom stereocenters. The van der Waals surface area contributed by atoms with Crippen molar-refractivity contribution >= 4 is 40.8 Å². The zero-order valence-corrected chi connectivity index (χ0v) is 18.8. The number of carbonyl (C=O) groups is 5. The van der Waals surface area contributed by atoms with E-state index in [2.05, 4.69) is 0 Å². The monoisotopic (exact) mass is 468 g/mol. The van der Waals surface area contributed by atoms with Gasteiger partial charge in [-0.15, -0.1) is 0 Å². The van der Waals surface area contributed by atoms with E-state index in [0.717, 1.165) is 20.8 Å². The Balaban J connectivity index is 2.42. The fourth-order valence-corrected chi connectivity index (χ4v) is 4.06. The topological polar surface area (TPSA) is 132 Å². The van der Waals surface area contributed by atoms with Gasteiger partial charge in [0.1, 0.15) is 12.7 Å². The Morgan fingerprint density at radius 3 is 1.84 bits per heavy atom. The highest BCUT2D eigenvalue weighted by Crippen LogP contribution is 2.35. The third kappa shape index (κ3) is 7.34. The number of carbonyl (C=O) groups excluding carboxylic acids is 5. The van der Waals surface area contributed by atoms with Crippen LogP contribution in [0.25, 0.3) is 0 Å². The molecular weight excluding hydrogens is 444 g/mol. The summed E-state index contributed by atoms with van der Waals surface area (Å²) < 4.78 is 26.8. The highest BCUT2D eigenvalue weighted by molar-refractivity contribution is 8.14. The zero-order valence-electron chi connectivity index (χ0n) is 18.0. The Morgan fingerprint density at radius 2 is 1.31 bits per heavy atom. The van der Waals surface area contributed by atoms with Gasteiger partial charge in [0.25, 0.3) is 0 Å². The molecule has 1 aromatic rings. The number of hydrogen-bond donors (Lipinski definition) is 0. The van der Waals surface area contributed by atoms with Crippen LogP contribution in [0, 0.1) is 0 Å². The van der Waals surface area contributed by atoms with Gasteiger partial charge >= 0.3 is 23.9 Å². The minimum absolute atomic E-state index is 0.353. The van der Waals surface area contributed by atoms with E-state index in [1.165, 1.54) is 6.92 Å². The lowest BCUT2D eigenvalue weighted by atomic mass is 9.99. The first-order valence-electron chi connectivity index (χ1n) is 9.65. The molecule has 1 aliphatic heterocycles. The quantitative estimate of drug-likeness (QED) is 0.427. The molecule has 0 aliphatic carbocycles. The van der Waals surface area contributed by atoms with Crippen molar-refractivity contribution in [2.75, 3.05) is 6.61 Å². The molecule has 174 valence electrons. The van der Waals surface area contributed by atoms with Crippen LogP contribution in [0.15, 0.2) is 30.3 Å². The molecule has 1 saturated heterocycles. The van der Waals surface area contributed by atoms with Gasteiger partial charge in [0, 0.05) is 33.3 Å². The molecule has 5 atom stereocenters. The Kier molecular flexibility index (Phi) is 9.21. The number of esters is 4. The first-order chi connectivity index (χ1) is 15.1. The van der Waals surface area contributed by atoms with Gasteiger partial charge in [-0.25, -0.2) is 0 Å². The lowest BCUT2D eigenvalue weighted by Crippen LogP contribution is -2.61. The van der Waals surface area contributed by atoms with Crippen LogP contribution in [0.4, 0.5) is 0 Å². The van der Waals surface area contributed by atoms with Crippen molar-refractivity contribution in [3.8, 4) is 0 Å². The molecule has 0 N–H and O–H groups in total. The van der Waals surface area contributed by atoms with Gasteiger partial charge in [-0.1, -0.05) is 30.3 Å². The normalized spacial score (nSPS) is 24.7. The second-order valence-corrected chi connectivity index (χ2v) is 7.91. The van der Waals surface area contributed by atoms with Gasteiger partial charge in [-0.2, -0.15) is 0 Å². The van der Waals surface area contributed by atoms with Crippen LogP contribution < -0.4 is 0 Å². The van der Waals surface area contributed by atoms with E-state index >= 15 is 0 Å².